The van der Waals surface area contributed by atoms with Gasteiger partial charge in [0.2, 0.25) is 5.91 Å². The third-order valence-electron chi connectivity index (χ3n) is 4.64. The molecule has 0 aliphatic rings. The van der Waals surface area contributed by atoms with Gasteiger partial charge in [-0.05, 0) is 53.1 Å². The summed E-state index contributed by atoms with van der Waals surface area (Å²) in [7, 11) is 1.62. The van der Waals surface area contributed by atoms with E-state index in [0.29, 0.717) is 19.0 Å². The van der Waals surface area contributed by atoms with Crippen molar-refractivity contribution in [2.45, 2.75) is 19.4 Å². The molecular weight excluding hydrogens is 390 g/mol. The lowest BCUT2D eigenvalue weighted by Crippen LogP contribution is -2.28. The van der Waals surface area contributed by atoms with Crippen molar-refractivity contribution in [2.24, 2.45) is 0 Å². The van der Waals surface area contributed by atoms with Crippen LogP contribution in [0.3, 0.4) is 0 Å². The molecule has 0 unspecified atom stereocenters. The van der Waals surface area contributed by atoms with Crippen LogP contribution in [0.15, 0.2) is 54.6 Å². The summed E-state index contributed by atoms with van der Waals surface area (Å²) in [5, 5.41) is 7.48. The van der Waals surface area contributed by atoms with Crippen LogP contribution in [0.25, 0.3) is 10.8 Å². The van der Waals surface area contributed by atoms with Crippen molar-refractivity contribution < 1.29 is 23.1 Å². The second-order valence-corrected chi connectivity index (χ2v) is 6.81. The molecule has 0 atom stereocenters. The number of fused-ring (bicyclic) bond motifs is 1. The number of halogens is 2. The molecule has 3 aromatic carbocycles. The zero-order valence-corrected chi connectivity index (χ0v) is 16.5. The van der Waals surface area contributed by atoms with Gasteiger partial charge in [0, 0.05) is 25.6 Å². The number of nitrogens with one attached hydrogen (secondary N) is 2. The van der Waals surface area contributed by atoms with Gasteiger partial charge >= 0.3 is 0 Å². The van der Waals surface area contributed by atoms with Gasteiger partial charge in [-0.3, -0.25) is 9.59 Å². The lowest BCUT2D eigenvalue weighted by atomic mass is 10.1. The Labute approximate surface area is 173 Å². The Kier molecular flexibility index (Phi) is 6.95. The predicted octanol–water partition coefficient (Wildman–Crippen LogP) is 3.95. The van der Waals surface area contributed by atoms with Crippen LogP contribution >= 0.6 is 0 Å². The van der Waals surface area contributed by atoms with Crippen LogP contribution in [0.2, 0.25) is 0 Å². The molecule has 3 aromatic rings. The topological polar surface area (TPSA) is 67.4 Å². The average Bonchev–Trinajstić information content (AvgIpc) is 2.74. The van der Waals surface area contributed by atoms with Gasteiger partial charge in [-0.15, -0.1) is 0 Å². The minimum absolute atomic E-state index is 0.146. The fraction of sp³-hybridized carbons (Fsp3) is 0.217. The van der Waals surface area contributed by atoms with Crippen LogP contribution in [0, 0.1) is 11.6 Å². The highest BCUT2D eigenvalue weighted by Gasteiger charge is 2.12. The van der Waals surface area contributed by atoms with Gasteiger partial charge in [-0.1, -0.05) is 18.2 Å². The molecule has 156 valence electrons. The van der Waals surface area contributed by atoms with Crippen molar-refractivity contribution >= 4 is 22.6 Å². The van der Waals surface area contributed by atoms with E-state index in [2.05, 4.69) is 10.6 Å². The van der Waals surface area contributed by atoms with Gasteiger partial charge in [-0.2, -0.15) is 0 Å². The van der Waals surface area contributed by atoms with E-state index in [0.717, 1.165) is 34.2 Å². The Balaban J connectivity index is 1.41. The highest BCUT2D eigenvalue weighted by Crippen LogP contribution is 2.21. The molecule has 3 rings (SSSR count). The zero-order valence-electron chi connectivity index (χ0n) is 16.5. The third-order valence-corrected chi connectivity index (χ3v) is 4.64. The van der Waals surface area contributed by atoms with Crippen molar-refractivity contribution in [3.8, 4) is 5.75 Å². The van der Waals surface area contributed by atoms with Gasteiger partial charge in [0.15, 0.2) is 0 Å². The number of hydrogen-bond acceptors (Lipinski definition) is 3. The summed E-state index contributed by atoms with van der Waals surface area (Å²) in [4.78, 5) is 23.9. The summed E-state index contributed by atoms with van der Waals surface area (Å²) in [5.74, 6) is -1.66. The summed E-state index contributed by atoms with van der Waals surface area (Å²) >= 11 is 0. The second-order valence-electron chi connectivity index (χ2n) is 6.81. The minimum atomic E-state index is -0.918. The third kappa shape index (κ3) is 5.53. The molecule has 0 spiro atoms. The molecule has 0 saturated heterocycles. The fourth-order valence-corrected chi connectivity index (χ4v) is 3.02. The predicted molar refractivity (Wildman–Crippen MR) is 110 cm³/mol. The van der Waals surface area contributed by atoms with Crippen molar-refractivity contribution in [3.63, 3.8) is 0 Å². The van der Waals surface area contributed by atoms with E-state index in [1.165, 1.54) is 0 Å². The number of benzene rings is 3. The number of carbonyl (C=O) groups is 2. The van der Waals surface area contributed by atoms with Crippen LogP contribution in [0.1, 0.15) is 28.8 Å². The maximum atomic E-state index is 13.6. The number of ether oxygens (including phenoxy) is 1. The molecule has 0 fully saturated rings. The average molecular weight is 412 g/mol. The second kappa shape index (κ2) is 9.82. The van der Waals surface area contributed by atoms with Gasteiger partial charge in [-0.25, -0.2) is 8.78 Å². The number of methoxy groups -OCH3 is 1. The number of amides is 2. The van der Waals surface area contributed by atoms with Crippen molar-refractivity contribution in [2.75, 3.05) is 13.7 Å². The fourth-order valence-electron chi connectivity index (χ4n) is 3.02. The molecule has 0 bridgehead atoms. The van der Waals surface area contributed by atoms with E-state index < -0.39 is 17.5 Å². The smallest absolute Gasteiger partial charge is 0.254 e. The summed E-state index contributed by atoms with van der Waals surface area (Å²) in [6.45, 7) is 0.606. The van der Waals surface area contributed by atoms with E-state index in [1.807, 2.05) is 36.4 Å². The molecule has 5 nitrogen and oxygen atoms in total. The van der Waals surface area contributed by atoms with Crippen molar-refractivity contribution in [1.82, 2.24) is 10.6 Å². The number of carbonyl (C=O) groups excluding carboxylic acids is 2. The van der Waals surface area contributed by atoms with Crippen LogP contribution in [-0.2, 0) is 11.3 Å². The molecule has 0 radical (unpaired) electrons. The number of hydrogen-bond donors (Lipinski definition) is 2. The van der Waals surface area contributed by atoms with E-state index in [-0.39, 0.29) is 24.4 Å². The van der Waals surface area contributed by atoms with E-state index in [4.69, 9.17) is 4.74 Å². The van der Waals surface area contributed by atoms with Gasteiger partial charge in [0.1, 0.15) is 17.4 Å². The van der Waals surface area contributed by atoms with Crippen LogP contribution in [-0.4, -0.2) is 25.5 Å². The standard InChI is InChI=1S/C23H22F2N2O3/c1-30-19-8-6-16-11-15(4-5-17(16)12-19)14-27-22(28)3-2-10-26-23(29)20-9-7-18(24)13-21(20)25/h4-9,11-13H,2-3,10,14H2,1H3,(H,26,29)(H,27,28). The molecule has 2 amide bonds. The molecule has 0 aliphatic heterocycles. The molecule has 30 heavy (non-hydrogen) atoms. The Hall–Kier alpha value is -3.48. The van der Waals surface area contributed by atoms with Gasteiger partial charge in [0.25, 0.3) is 5.91 Å². The molecule has 7 heteroatoms. The molecule has 0 heterocycles. The van der Waals surface area contributed by atoms with Crippen LogP contribution < -0.4 is 15.4 Å². The van der Waals surface area contributed by atoms with Crippen molar-refractivity contribution in [3.05, 3.63) is 77.4 Å². The highest BCUT2D eigenvalue weighted by atomic mass is 19.1. The first-order valence-corrected chi connectivity index (χ1v) is 9.53. The first kappa shape index (κ1) is 21.2. The van der Waals surface area contributed by atoms with Crippen LogP contribution in [0.5, 0.6) is 5.75 Å². The first-order chi connectivity index (χ1) is 14.5. The lowest BCUT2D eigenvalue weighted by molar-refractivity contribution is -0.121. The molecule has 0 saturated carbocycles. The van der Waals surface area contributed by atoms with Gasteiger partial charge in [0.05, 0.1) is 12.7 Å². The number of rotatable bonds is 8. The zero-order chi connectivity index (χ0) is 21.5. The van der Waals surface area contributed by atoms with Crippen LogP contribution in [0.4, 0.5) is 8.78 Å². The molecule has 2 N–H and O–H groups in total. The van der Waals surface area contributed by atoms with E-state index >= 15 is 0 Å². The Morgan fingerprint density at radius 1 is 0.933 bits per heavy atom. The molecular formula is C23H22F2N2O3. The quantitative estimate of drug-likeness (QED) is 0.551. The minimum Gasteiger partial charge on any atom is -0.497 e. The molecule has 0 aliphatic carbocycles. The van der Waals surface area contributed by atoms with E-state index in [1.54, 1.807) is 7.11 Å². The summed E-state index contributed by atoms with van der Waals surface area (Å²) in [6.07, 6.45) is 0.620. The summed E-state index contributed by atoms with van der Waals surface area (Å²) in [5.41, 5.74) is 0.746. The Morgan fingerprint density at radius 3 is 2.47 bits per heavy atom. The van der Waals surface area contributed by atoms with E-state index in [9.17, 15) is 18.4 Å². The maximum Gasteiger partial charge on any atom is 0.254 e. The highest BCUT2D eigenvalue weighted by molar-refractivity contribution is 5.94. The summed E-state index contributed by atoms with van der Waals surface area (Å²) in [6, 6.07) is 14.5. The molecule has 0 aromatic heterocycles. The largest absolute Gasteiger partial charge is 0.497 e. The monoisotopic (exact) mass is 412 g/mol. The van der Waals surface area contributed by atoms with Gasteiger partial charge < -0.3 is 15.4 Å². The Bertz CT molecular complexity index is 1070. The maximum absolute atomic E-state index is 13.6. The lowest BCUT2D eigenvalue weighted by Gasteiger charge is -2.08. The summed E-state index contributed by atoms with van der Waals surface area (Å²) < 4.78 is 31.7. The normalized spacial score (nSPS) is 10.6. The first-order valence-electron chi connectivity index (χ1n) is 9.53. The Morgan fingerprint density at radius 2 is 1.70 bits per heavy atom. The SMILES string of the molecule is COc1ccc2cc(CNC(=O)CCCNC(=O)c3ccc(F)cc3F)ccc2c1. The van der Waals surface area contributed by atoms with Crippen molar-refractivity contribution in [1.29, 1.82) is 0 Å².